The predicted octanol–water partition coefficient (Wildman–Crippen LogP) is 4.79. The van der Waals surface area contributed by atoms with Gasteiger partial charge in [-0.3, -0.25) is 4.98 Å². The first-order valence-corrected chi connectivity index (χ1v) is 7.72. The lowest BCUT2D eigenvalue weighted by atomic mass is 9.95. The van der Waals surface area contributed by atoms with Crippen LogP contribution < -0.4 is 0 Å². The second-order valence-corrected chi connectivity index (χ2v) is 6.11. The van der Waals surface area contributed by atoms with Crippen LogP contribution in [0.3, 0.4) is 0 Å². The Balaban J connectivity index is 2.02. The van der Waals surface area contributed by atoms with Gasteiger partial charge >= 0.3 is 0 Å². The largest absolute Gasteiger partial charge is 0.260 e. The van der Waals surface area contributed by atoms with Crippen LogP contribution in [0.25, 0.3) is 0 Å². The number of hydrogen-bond donors (Lipinski definition) is 0. The quantitative estimate of drug-likeness (QED) is 0.714. The lowest BCUT2D eigenvalue weighted by molar-refractivity contribution is 0.575. The summed E-state index contributed by atoms with van der Waals surface area (Å²) in [4.78, 5) is 4.42. The minimum atomic E-state index is 0.428. The zero-order chi connectivity index (χ0) is 13.7. The lowest BCUT2D eigenvalue weighted by Gasteiger charge is -2.14. The van der Waals surface area contributed by atoms with Crippen molar-refractivity contribution in [1.82, 2.24) is 4.98 Å². The third-order valence-electron chi connectivity index (χ3n) is 3.11. The van der Waals surface area contributed by atoms with E-state index in [1.165, 1.54) is 11.1 Å². The first kappa shape index (κ1) is 14.5. The molecule has 0 N–H and O–H groups in total. The van der Waals surface area contributed by atoms with Crippen molar-refractivity contribution in [2.75, 3.05) is 5.88 Å². The van der Waals surface area contributed by atoms with E-state index in [9.17, 15) is 0 Å². The molecule has 0 aliphatic rings. The highest BCUT2D eigenvalue weighted by Gasteiger charge is 2.10. The van der Waals surface area contributed by atoms with Gasteiger partial charge in [0.2, 0.25) is 0 Å². The molecule has 2 aromatic rings. The van der Waals surface area contributed by atoms with Crippen molar-refractivity contribution in [3.8, 4) is 0 Å². The van der Waals surface area contributed by atoms with Crippen LogP contribution in [0.4, 0.5) is 0 Å². The molecule has 0 fully saturated rings. The molecule has 1 nitrogen and oxygen atoms in total. The SMILES string of the molecule is Cc1cccc(CC(CCl)Cc2ccc(Br)cn2)c1. The molecule has 1 aromatic heterocycles. The Morgan fingerprint density at radius 1 is 1.21 bits per heavy atom. The van der Waals surface area contributed by atoms with E-state index in [1.54, 1.807) is 0 Å². The third kappa shape index (κ3) is 4.63. The van der Waals surface area contributed by atoms with Gasteiger partial charge in [0, 0.05) is 22.2 Å². The molecule has 0 aliphatic carbocycles. The van der Waals surface area contributed by atoms with Gasteiger partial charge in [0.25, 0.3) is 0 Å². The molecule has 0 aliphatic heterocycles. The van der Waals surface area contributed by atoms with E-state index in [4.69, 9.17) is 11.6 Å². The van der Waals surface area contributed by atoms with Gasteiger partial charge in [-0.2, -0.15) is 0 Å². The van der Waals surface area contributed by atoms with E-state index in [2.05, 4.69) is 58.2 Å². The van der Waals surface area contributed by atoms with Crippen molar-refractivity contribution in [2.24, 2.45) is 5.92 Å². The van der Waals surface area contributed by atoms with Crippen molar-refractivity contribution in [3.05, 3.63) is 63.9 Å². The number of rotatable bonds is 5. The maximum atomic E-state index is 6.10. The number of aromatic nitrogens is 1. The predicted molar refractivity (Wildman–Crippen MR) is 84.7 cm³/mol. The maximum absolute atomic E-state index is 6.10. The third-order valence-corrected chi connectivity index (χ3v) is 4.02. The monoisotopic (exact) mass is 337 g/mol. The van der Waals surface area contributed by atoms with E-state index in [0.29, 0.717) is 11.8 Å². The van der Waals surface area contributed by atoms with Crippen LogP contribution in [0.5, 0.6) is 0 Å². The Labute approximate surface area is 128 Å². The standard InChI is InChI=1S/C16H17BrClN/c1-12-3-2-4-13(7-12)8-14(10-18)9-16-6-5-15(17)11-19-16/h2-7,11,14H,8-10H2,1H3. The minimum Gasteiger partial charge on any atom is -0.260 e. The Hall–Kier alpha value is -0.860. The molecule has 0 bridgehead atoms. The highest BCUT2D eigenvalue weighted by Crippen LogP contribution is 2.17. The molecule has 1 unspecified atom stereocenters. The number of alkyl halides is 1. The molecule has 0 spiro atoms. The summed E-state index contributed by atoms with van der Waals surface area (Å²) >= 11 is 9.50. The van der Waals surface area contributed by atoms with Crippen LogP contribution in [-0.2, 0) is 12.8 Å². The Bertz CT molecular complexity index is 525. The molecule has 1 atom stereocenters. The normalized spacial score (nSPS) is 12.4. The summed E-state index contributed by atoms with van der Waals surface area (Å²) < 4.78 is 1.01. The molecule has 3 heteroatoms. The Kier molecular flexibility index (Phi) is 5.41. The minimum absolute atomic E-state index is 0.428. The number of halogens is 2. The average molecular weight is 339 g/mol. The second-order valence-electron chi connectivity index (χ2n) is 4.89. The molecule has 0 saturated heterocycles. The molecule has 0 saturated carbocycles. The fourth-order valence-electron chi connectivity index (χ4n) is 2.18. The number of aryl methyl sites for hydroxylation is 1. The summed E-state index contributed by atoms with van der Waals surface area (Å²) in [6, 6.07) is 12.7. The van der Waals surface area contributed by atoms with Crippen LogP contribution >= 0.6 is 27.5 Å². The van der Waals surface area contributed by atoms with Gasteiger partial charge in [0.15, 0.2) is 0 Å². The summed E-state index contributed by atoms with van der Waals surface area (Å²) in [5, 5.41) is 0. The highest BCUT2D eigenvalue weighted by molar-refractivity contribution is 9.10. The molecular formula is C16H17BrClN. The molecule has 1 heterocycles. The Morgan fingerprint density at radius 3 is 2.68 bits per heavy atom. The van der Waals surface area contributed by atoms with Crippen LogP contribution in [0.15, 0.2) is 47.1 Å². The van der Waals surface area contributed by atoms with Gasteiger partial charge in [-0.1, -0.05) is 29.8 Å². The van der Waals surface area contributed by atoms with E-state index in [1.807, 2.05) is 12.3 Å². The number of hydrogen-bond acceptors (Lipinski definition) is 1. The van der Waals surface area contributed by atoms with Crippen LogP contribution in [0.1, 0.15) is 16.8 Å². The summed E-state index contributed by atoms with van der Waals surface area (Å²) in [6.07, 6.45) is 3.76. The van der Waals surface area contributed by atoms with Crippen molar-refractivity contribution in [1.29, 1.82) is 0 Å². The van der Waals surface area contributed by atoms with Gasteiger partial charge in [-0.15, -0.1) is 11.6 Å². The fraction of sp³-hybridized carbons (Fsp3) is 0.312. The zero-order valence-electron chi connectivity index (χ0n) is 10.9. The van der Waals surface area contributed by atoms with E-state index >= 15 is 0 Å². The molecule has 1 aromatic carbocycles. The van der Waals surface area contributed by atoms with Crippen LogP contribution in [0.2, 0.25) is 0 Å². The van der Waals surface area contributed by atoms with Gasteiger partial charge in [0.1, 0.15) is 0 Å². The van der Waals surface area contributed by atoms with Crippen LogP contribution in [-0.4, -0.2) is 10.9 Å². The summed E-state index contributed by atoms with van der Waals surface area (Å²) in [5.41, 5.74) is 3.75. The van der Waals surface area contributed by atoms with Gasteiger partial charge in [-0.05, 0) is 59.3 Å². The smallest absolute Gasteiger partial charge is 0.0413 e. The first-order chi connectivity index (χ1) is 9.17. The summed E-state index contributed by atoms with van der Waals surface area (Å²) in [7, 11) is 0. The van der Waals surface area contributed by atoms with Crippen molar-refractivity contribution >= 4 is 27.5 Å². The number of pyridine rings is 1. The number of nitrogens with zero attached hydrogens (tertiary/aromatic N) is 1. The van der Waals surface area contributed by atoms with E-state index < -0.39 is 0 Å². The van der Waals surface area contributed by atoms with Gasteiger partial charge < -0.3 is 0 Å². The molecule has 2 rings (SSSR count). The van der Waals surface area contributed by atoms with E-state index in [-0.39, 0.29) is 0 Å². The average Bonchev–Trinajstić information content (AvgIpc) is 2.40. The highest BCUT2D eigenvalue weighted by atomic mass is 79.9. The van der Waals surface area contributed by atoms with Crippen molar-refractivity contribution in [2.45, 2.75) is 19.8 Å². The maximum Gasteiger partial charge on any atom is 0.0413 e. The number of benzene rings is 1. The molecular weight excluding hydrogens is 322 g/mol. The van der Waals surface area contributed by atoms with Gasteiger partial charge in [-0.25, -0.2) is 0 Å². The molecule has 0 amide bonds. The van der Waals surface area contributed by atoms with Gasteiger partial charge in [0.05, 0.1) is 0 Å². The summed E-state index contributed by atoms with van der Waals surface area (Å²) in [5.74, 6) is 1.09. The molecule has 0 radical (unpaired) electrons. The van der Waals surface area contributed by atoms with E-state index in [0.717, 1.165) is 23.0 Å². The fourth-order valence-corrected chi connectivity index (χ4v) is 2.63. The van der Waals surface area contributed by atoms with Crippen molar-refractivity contribution in [3.63, 3.8) is 0 Å². The zero-order valence-corrected chi connectivity index (χ0v) is 13.3. The topological polar surface area (TPSA) is 12.9 Å². The summed E-state index contributed by atoms with van der Waals surface area (Å²) in [6.45, 7) is 2.12. The second kappa shape index (κ2) is 7.06. The van der Waals surface area contributed by atoms with Crippen LogP contribution in [0, 0.1) is 12.8 Å². The Morgan fingerprint density at radius 2 is 2.05 bits per heavy atom. The lowest BCUT2D eigenvalue weighted by Crippen LogP contribution is -2.11. The molecule has 19 heavy (non-hydrogen) atoms. The molecule has 100 valence electrons. The first-order valence-electron chi connectivity index (χ1n) is 6.39. The van der Waals surface area contributed by atoms with Crippen molar-refractivity contribution < 1.29 is 0 Å².